The van der Waals surface area contributed by atoms with Crippen molar-refractivity contribution in [2.24, 2.45) is 5.11 Å². The van der Waals surface area contributed by atoms with E-state index in [0.29, 0.717) is 18.5 Å². The zero-order valence-electron chi connectivity index (χ0n) is 14.8. The van der Waals surface area contributed by atoms with Crippen molar-refractivity contribution in [3.05, 3.63) is 82.2 Å². The van der Waals surface area contributed by atoms with Crippen molar-refractivity contribution in [1.82, 2.24) is 4.90 Å². The molecule has 0 N–H and O–H groups in total. The summed E-state index contributed by atoms with van der Waals surface area (Å²) in [5.41, 5.74) is 9.91. The van der Waals surface area contributed by atoms with Crippen LogP contribution >= 0.6 is 0 Å². The summed E-state index contributed by atoms with van der Waals surface area (Å²) in [4.78, 5) is 17.7. The molecule has 0 amide bonds. The molecular formula is C20H22N4O2. The number of ether oxygens (including phenoxy) is 1. The van der Waals surface area contributed by atoms with E-state index in [1.54, 1.807) is 24.3 Å². The van der Waals surface area contributed by atoms with Gasteiger partial charge >= 0.3 is 5.97 Å². The first-order valence-electron chi connectivity index (χ1n) is 8.69. The first kappa shape index (κ1) is 18.0. The highest BCUT2D eigenvalue weighted by atomic mass is 16.5. The first-order chi connectivity index (χ1) is 12.6. The average molecular weight is 350 g/mol. The van der Waals surface area contributed by atoms with Gasteiger partial charge in [-0.15, -0.1) is 0 Å². The van der Waals surface area contributed by atoms with Gasteiger partial charge < -0.3 is 4.74 Å². The summed E-state index contributed by atoms with van der Waals surface area (Å²) in [7, 11) is 0. The molecule has 2 unspecified atom stereocenters. The maximum Gasteiger partial charge on any atom is 0.338 e. The van der Waals surface area contributed by atoms with E-state index >= 15 is 0 Å². The van der Waals surface area contributed by atoms with Crippen LogP contribution in [0.2, 0.25) is 0 Å². The van der Waals surface area contributed by atoms with Crippen LogP contribution in [0.15, 0.2) is 65.8 Å². The molecular weight excluding hydrogens is 328 g/mol. The van der Waals surface area contributed by atoms with Gasteiger partial charge in [-0.2, -0.15) is 0 Å². The highest BCUT2D eigenvalue weighted by Gasteiger charge is 2.41. The third-order valence-electron chi connectivity index (χ3n) is 4.83. The molecule has 0 aliphatic carbocycles. The van der Waals surface area contributed by atoms with Crippen molar-refractivity contribution in [2.75, 3.05) is 13.1 Å². The number of carbonyl (C=O) groups is 1. The number of rotatable bonds is 5. The van der Waals surface area contributed by atoms with Gasteiger partial charge in [0, 0.05) is 18.0 Å². The Bertz CT molecular complexity index is 790. The summed E-state index contributed by atoms with van der Waals surface area (Å²) >= 11 is 0. The maximum atomic E-state index is 12.5. The van der Waals surface area contributed by atoms with Crippen LogP contribution in [0.3, 0.4) is 0 Å². The van der Waals surface area contributed by atoms with Crippen LogP contribution in [0.25, 0.3) is 10.4 Å². The number of nitrogens with zero attached hydrogens (tertiary/aromatic N) is 4. The van der Waals surface area contributed by atoms with E-state index < -0.39 is 17.6 Å². The molecule has 1 aliphatic rings. The fourth-order valence-electron chi connectivity index (χ4n) is 3.21. The molecule has 1 aliphatic heterocycles. The molecule has 2 atom stereocenters. The third-order valence-corrected chi connectivity index (χ3v) is 4.83. The van der Waals surface area contributed by atoms with Crippen LogP contribution in [0.4, 0.5) is 0 Å². The van der Waals surface area contributed by atoms with Crippen LogP contribution in [-0.4, -0.2) is 35.6 Å². The summed E-state index contributed by atoms with van der Waals surface area (Å²) in [5, 5.41) is 3.96. The SMILES string of the molecule is CC1(N=[N+]=[N-])CCN(Cc2ccccc2)CC1OC(=O)c1ccccc1. The topological polar surface area (TPSA) is 78.3 Å². The molecule has 0 spiro atoms. The molecule has 2 aromatic rings. The molecule has 2 aromatic carbocycles. The normalized spacial score (nSPS) is 23.0. The van der Waals surface area contributed by atoms with Crippen LogP contribution in [0.5, 0.6) is 0 Å². The Morgan fingerprint density at radius 3 is 2.54 bits per heavy atom. The first-order valence-corrected chi connectivity index (χ1v) is 8.69. The second-order valence-electron chi connectivity index (χ2n) is 6.78. The highest BCUT2D eigenvalue weighted by molar-refractivity contribution is 5.89. The second kappa shape index (κ2) is 8.04. The lowest BCUT2D eigenvalue weighted by atomic mass is 9.87. The Morgan fingerprint density at radius 1 is 1.23 bits per heavy atom. The van der Waals surface area contributed by atoms with Gasteiger partial charge in [-0.1, -0.05) is 60.6 Å². The molecule has 26 heavy (non-hydrogen) atoms. The Kier molecular flexibility index (Phi) is 5.56. The number of benzene rings is 2. The lowest BCUT2D eigenvalue weighted by Gasteiger charge is -2.42. The van der Waals surface area contributed by atoms with Gasteiger partial charge in [0.05, 0.1) is 11.1 Å². The van der Waals surface area contributed by atoms with E-state index in [0.717, 1.165) is 13.1 Å². The number of hydrogen-bond donors (Lipinski definition) is 0. The monoisotopic (exact) mass is 350 g/mol. The van der Waals surface area contributed by atoms with E-state index in [4.69, 9.17) is 10.3 Å². The van der Waals surface area contributed by atoms with Crippen molar-refractivity contribution in [1.29, 1.82) is 0 Å². The van der Waals surface area contributed by atoms with Gasteiger partial charge in [0.1, 0.15) is 6.10 Å². The third kappa shape index (κ3) is 4.23. The minimum Gasteiger partial charge on any atom is -0.457 e. The predicted molar refractivity (Wildman–Crippen MR) is 99.5 cm³/mol. The highest BCUT2D eigenvalue weighted by Crippen LogP contribution is 2.30. The Balaban J connectivity index is 1.75. The number of esters is 1. The van der Waals surface area contributed by atoms with Gasteiger partial charge in [-0.3, -0.25) is 4.90 Å². The Morgan fingerprint density at radius 2 is 1.88 bits per heavy atom. The molecule has 6 nitrogen and oxygen atoms in total. The van der Waals surface area contributed by atoms with Gasteiger partial charge in [0.2, 0.25) is 0 Å². The molecule has 3 rings (SSSR count). The summed E-state index contributed by atoms with van der Waals surface area (Å²) in [6.07, 6.45) is 0.139. The van der Waals surface area contributed by atoms with Gasteiger partial charge in [-0.05, 0) is 36.2 Å². The molecule has 134 valence electrons. The van der Waals surface area contributed by atoms with Crippen molar-refractivity contribution >= 4 is 5.97 Å². The minimum absolute atomic E-state index is 0.392. The molecule has 6 heteroatoms. The number of piperidine rings is 1. The van der Waals surface area contributed by atoms with Crippen LogP contribution in [-0.2, 0) is 11.3 Å². The van der Waals surface area contributed by atoms with Crippen molar-refractivity contribution < 1.29 is 9.53 Å². The number of hydrogen-bond acceptors (Lipinski definition) is 4. The van der Waals surface area contributed by atoms with E-state index in [2.05, 4.69) is 27.1 Å². The molecule has 0 aromatic heterocycles. The Labute approximate surface area is 153 Å². The molecule has 0 saturated carbocycles. The average Bonchev–Trinajstić information content (AvgIpc) is 2.66. The van der Waals surface area contributed by atoms with Crippen LogP contribution in [0, 0.1) is 0 Å². The van der Waals surface area contributed by atoms with E-state index in [-0.39, 0.29) is 0 Å². The summed E-state index contributed by atoms with van der Waals surface area (Å²) < 4.78 is 5.77. The van der Waals surface area contributed by atoms with Gasteiger partial charge in [0.15, 0.2) is 0 Å². The fourth-order valence-corrected chi connectivity index (χ4v) is 3.21. The van der Waals surface area contributed by atoms with Gasteiger partial charge in [-0.25, -0.2) is 4.79 Å². The molecule has 1 fully saturated rings. The second-order valence-corrected chi connectivity index (χ2v) is 6.78. The molecule has 0 radical (unpaired) electrons. The van der Waals surface area contributed by atoms with Crippen molar-refractivity contribution in [2.45, 2.75) is 31.5 Å². The zero-order valence-corrected chi connectivity index (χ0v) is 14.8. The standard InChI is InChI=1S/C20H22N4O2/c1-20(22-23-21)12-13-24(14-16-8-4-2-5-9-16)15-18(20)26-19(25)17-10-6-3-7-11-17/h2-11,18H,12-15H2,1H3. The largest absolute Gasteiger partial charge is 0.457 e. The van der Waals surface area contributed by atoms with Crippen molar-refractivity contribution in [3.8, 4) is 0 Å². The summed E-state index contributed by atoms with van der Waals surface area (Å²) in [6.45, 7) is 3.94. The van der Waals surface area contributed by atoms with Crippen LogP contribution < -0.4 is 0 Å². The maximum absolute atomic E-state index is 12.5. The number of azide groups is 1. The minimum atomic E-state index is -0.744. The molecule has 1 heterocycles. The summed E-state index contributed by atoms with van der Waals surface area (Å²) in [6, 6.07) is 19.0. The quantitative estimate of drug-likeness (QED) is 0.351. The Hall–Kier alpha value is -2.82. The lowest BCUT2D eigenvalue weighted by Crippen LogP contribution is -2.54. The zero-order chi connectivity index (χ0) is 18.4. The van der Waals surface area contributed by atoms with Crippen molar-refractivity contribution in [3.63, 3.8) is 0 Å². The van der Waals surface area contributed by atoms with E-state index in [9.17, 15) is 4.79 Å². The number of likely N-dealkylation sites (tertiary alicyclic amines) is 1. The fraction of sp³-hybridized carbons (Fsp3) is 0.350. The summed E-state index contributed by atoms with van der Waals surface area (Å²) in [5.74, 6) is -0.392. The van der Waals surface area contributed by atoms with Crippen LogP contribution in [0.1, 0.15) is 29.3 Å². The lowest BCUT2D eigenvalue weighted by molar-refractivity contribution is -0.0254. The smallest absolute Gasteiger partial charge is 0.338 e. The number of carbonyl (C=O) groups excluding carboxylic acids is 1. The van der Waals surface area contributed by atoms with E-state index in [1.165, 1.54) is 5.56 Å². The van der Waals surface area contributed by atoms with Gasteiger partial charge in [0.25, 0.3) is 0 Å². The van der Waals surface area contributed by atoms with E-state index in [1.807, 2.05) is 31.2 Å². The molecule has 1 saturated heterocycles. The molecule has 0 bridgehead atoms. The predicted octanol–water partition coefficient (Wildman–Crippen LogP) is 4.19.